The summed E-state index contributed by atoms with van der Waals surface area (Å²) in [5.41, 5.74) is 1.56. The maximum absolute atomic E-state index is 3.69. The Labute approximate surface area is 133 Å². The van der Waals surface area contributed by atoms with Gasteiger partial charge in [0.1, 0.15) is 0 Å². The molecule has 0 aliphatic carbocycles. The molecule has 0 amide bonds. The quantitative estimate of drug-likeness (QED) is 0.764. The third-order valence-electron chi connectivity index (χ3n) is 3.69. The molecule has 0 saturated carbocycles. The van der Waals surface area contributed by atoms with Crippen LogP contribution in [0.15, 0.2) is 27.1 Å². The minimum absolute atomic E-state index is 0.279. The molecule has 4 heteroatoms. The topological polar surface area (TPSA) is 15.3 Å². The molecule has 2 rings (SSSR count). The molecule has 1 aliphatic heterocycles. The molecular formula is C15H22Br2N2. The Kier molecular flexibility index (Phi) is 4.96. The Morgan fingerprint density at radius 1 is 1.26 bits per heavy atom. The van der Waals surface area contributed by atoms with E-state index in [0.717, 1.165) is 24.1 Å². The highest BCUT2D eigenvalue weighted by Crippen LogP contribution is 2.32. The Balaban J connectivity index is 2.25. The standard InChI is InChI=1S/C15H22Br2N2/c1-15(2,3)14-10-19(8-4-7-18-14)13-9-11(16)5-6-12(13)17/h5-6,9,14,18H,4,7-8,10H2,1-3H3. The third-order valence-corrected chi connectivity index (χ3v) is 4.86. The van der Waals surface area contributed by atoms with E-state index in [1.807, 2.05) is 0 Å². The van der Waals surface area contributed by atoms with Crippen molar-refractivity contribution in [1.82, 2.24) is 5.32 Å². The van der Waals surface area contributed by atoms with Gasteiger partial charge in [-0.15, -0.1) is 0 Å². The van der Waals surface area contributed by atoms with E-state index >= 15 is 0 Å². The maximum Gasteiger partial charge on any atom is 0.0522 e. The fraction of sp³-hybridized carbons (Fsp3) is 0.600. The zero-order valence-corrected chi connectivity index (χ0v) is 15.0. The first kappa shape index (κ1) is 15.3. The van der Waals surface area contributed by atoms with Gasteiger partial charge in [-0.25, -0.2) is 0 Å². The Morgan fingerprint density at radius 3 is 2.68 bits per heavy atom. The number of nitrogens with one attached hydrogen (secondary N) is 1. The van der Waals surface area contributed by atoms with Crippen LogP contribution in [0.5, 0.6) is 0 Å². The van der Waals surface area contributed by atoms with Gasteiger partial charge >= 0.3 is 0 Å². The minimum atomic E-state index is 0.279. The van der Waals surface area contributed by atoms with Crippen LogP contribution in [0.3, 0.4) is 0 Å². The molecule has 0 radical (unpaired) electrons. The van der Waals surface area contributed by atoms with Crippen molar-refractivity contribution in [1.29, 1.82) is 0 Å². The van der Waals surface area contributed by atoms with E-state index in [1.165, 1.54) is 16.6 Å². The Bertz CT molecular complexity index is 440. The lowest BCUT2D eigenvalue weighted by Crippen LogP contribution is -2.46. The molecule has 0 bridgehead atoms. The molecule has 1 unspecified atom stereocenters. The highest BCUT2D eigenvalue weighted by atomic mass is 79.9. The van der Waals surface area contributed by atoms with Crippen LogP contribution in [-0.2, 0) is 0 Å². The molecule has 106 valence electrons. The molecule has 1 atom stereocenters. The largest absolute Gasteiger partial charge is 0.369 e. The van der Waals surface area contributed by atoms with E-state index < -0.39 is 0 Å². The third kappa shape index (κ3) is 3.96. The van der Waals surface area contributed by atoms with E-state index in [2.05, 4.69) is 81.0 Å². The molecular weight excluding hydrogens is 368 g/mol. The van der Waals surface area contributed by atoms with Crippen LogP contribution < -0.4 is 10.2 Å². The molecule has 1 aromatic carbocycles. The molecule has 1 heterocycles. The summed E-state index contributed by atoms with van der Waals surface area (Å²) in [7, 11) is 0. The SMILES string of the molecule is CC(C)(C)C1CN(c2cc(Br)ccc2Br)CCCN1. The Hall–Kier alpha value is -0.0600. The first-order valence-electron chi connectivity index (χ1n) is 6.81. The van der Waals surface area contributed by atoms with Crippen LogP contribution in [0.4, 0.5) is 5.69 Å². The van der Waals surface area contributed by atoms with Gasteiger partial charge in [0.2, 0.25) is 0 Å². The lowest BCUT2D eigenvalue weighted by Gasteiger charge is -2.35. The molecule has 1 saturated heterocycles. The molecule has 1 fully saturated rings. The monoisotopic (exact) mass is 388 g/mol. The number of nitrogens with zero attached hydrogens (tertiary/aromatic N) is 1. The number of benzene rings is 1. The van der Waals surface area contributed by atoms with E-state index in [4.69, 9.17) is 0 Å². The number of anilines is 1. The van der Waals surface area contributed by atoms with Crippen molar-refractivity contribution in [2.75, 3.05) is 24.5 Å². The summed E-state index contributed by atoms with van der Waals surface area (Å²) in [6, 6.07) is 6.91. The minimum Gasteiger partial charge on any atom is -0.369 e. The van der Waals surface area contributed by atoms with Gasteiger partial charge in [0.15, 0.2) is 0 Å². The first-order valence-corrected chi connectivity index (χ1v) is 8.40. The average molecular weight is 390 g/mol. The van der Waals surface area contributed by atoms with Crippen molar-refractivity contribution in [3.05, 3.63) is 27.1 Å². The molecule has 0 spiro atoms. The number of halogens is 2. The van der Waals surface area contributed by atoms with Crippen molar-refractivity contribution in [2.24, 2.45) is 5.41 Å². The van der Waals surface area contributed by atoms with Crippen molar-refractivity contribution in [2.45, 2.75) is 33.2 Å². The van der Waals surface area contributed by atoms with Gasteiger partial charge < -0.3 is 10.2 Å². The number of hydrogen-bond acceptors (Lipinski definition) is 2. The molecule has 0 aromatic heterocycles. The fourth-order valence-corrected chi connectivity index (χ4v) is 3.30. The zero-order valence-electron chi connectivity index (χ0n) is 11.8. The van der Waals surface area contributed by atoms with Crippen LogP contribution in [0.2, 0.25) is 0 Å². The van der Waals surface area contributed by atoms with Gasteiger partial charge in [-0.05, 0) is 52.5 Å². The smallest absolute Gasteiger partial charge is 0.0522 e. The summed E-state index contributed by atoms with van der Waals surface area (Å²) in [4.78, 5) is 2.49. The molecule has 1 N–H and O–H groups in total. The Morgan fingerprint density at radius 2 is 2.00 bits per heavy atom. The lowest BCUT2D eigenvalue weighted by atomic mass is 9.86. The number of hydrogen-bond donors (Lipinski definition) is 1. The first-order chi connectivity index (χ1) is 8.88. The highest BCUT2D eigenvalue weighted by Gasteiger charge is 2.28. The number of rotatable bonds is 1. The summed E-state index contributed by atoms with van der Waals surface area (Å²) in [6.07, 6.45) is 1.19. The van der Waals surface area contributed by atoms with Gasteiger partial charge in [0, 0.05) is 28.1 Å². The van der Waals surface area contributed by atoms with Crippen LogP contribution in [-0.4, -0.2) is 25.7 Å². The molecule has 2 nitrogen and oxygen atoms in total. The molecule has 19 heavy (non-hydrogen) atoms. The van der Waals surface area contributed by atoms with Crippen molar-refractivity contribution >= 4 is 37.5 Å². The predicted molar refractivity (Wildman–Crippen MR) is 89.9 cm³/mol. The second-order valence-corrected chi connectivity index (χ2v) is 8.04. The van der Waals surface area contributed by atoms with Crippen LogP contribution >= 0.6 is 31.9 Å². The van der Waals surface area contributed by atoms with E-state index in [9.17, 15) is 0 Å². The van der Waals surface area contributed by atoms with Crippen LogP contribution in [0, 0.1) is 5.41 Å². The fourth-order valence-electron chi connectivity index (χ4n) is 2.45. The summed E-state index contributed by atoms with van der Waals surface area (Å²) < 4.78 is 2.31. The zero-order chi connectivity index (χ0) is 14.0. The summed E-state index contributed by atoms with van der Waals surface area (Å²) >= 11 is 7.25. The van der Waals surface area contributed by atoms with E-state index in [-0.39, 0.29) is 5.41 Å². The van der Waals surface area contributed by atoms with Gasteiger partial charge in [0.05, 0.1) is 5.69 Å². The van der Waals surface area contributed by atoms with Crippen molar-refractivity contribution < 1.29 is 0 Å². The van der Waals surface area contributed by atoms with Gasteiger partial charge in [0.25, 0.3) is 0 Å². The second-order valence-electron chi connectivity index (χ2n) is 6.27. The predicted octanol–water partition coefficient (Wildman–Crippen LogP) is 4.43. The van der Waals surface area contributed by atoms with Crippen molar-refractivity contribution in [3.8, 4) is 0 Å². The molecule has 1 aromatic rings. The van der Waals surface area contributed by atoms with Gasteiger partial charge in [-0.2, -0.15) is 0 Å². The van der Waals surface area contributed by atoms with Crippen molar-refractivity contribution in [3.63, 3.8) is 0 Å². The maximum atomic E-state index is 3.69. The second kappa shape index (κ2) is 6.15. The highest BCUT2D eigenvalue weighted by molar-refractivity contribution is 9.11. The van der Waals surface area contributed by atoms with Gasteiger partial charge in [-0.1, -0.05) is 36.7 Å². The van der Waals surface area contributed by atoms with Gasteiger partial charge in [-0.3, -0.25) is 0 Å². The lowest BCUT2D eigenvalue weighted by molar-refractivity contribution is 0.280. The van der Waals surface area contributed by atoms with Crippen LogP contribution in [0.25, 0.3) is 0 Å². The van der Waals surface area contributed by atoms with Crippen LogP contribution in [0.1, 0.15) is 27.2 Å². The summed E-state index contributed by atoms with van der Waals surface area (Å²) in [5.74, 6) is 0. The summed E-state index contributed by atoms with van der Waals surface area (Å²) in [6.45, 7) is 10.2. The van der Waals surface area contributed by atoms with E-state index in [0.29, 0.717) is 6.04 Å². The average Bonchev–Trinajstić information content (AvgIpc) is 2.57. The molecule has 1 aliphatic rings. The summed E-state index contributed by atoms with van der Waals surface area (Å²) in [5, 5.41) is 3.69. The van der Waals surface area contributed by atoms with E-state index in [1.54, 1.807) is 0 Å². The normalized spacial score (nSPS) is 21.3.